The van der Waals surface area contributed by atoms with E-state index in [9.17, 15) is 0 Å². The van der Waals surface area contributed by atoms with Gasteiger partial charge < -0.3 is 15.5 Å². The van der Waals surface area contributed by atoms with E-state index in [-0.39, 0.29) is 5.84 Å². The molecule has 0 spiro atoms. The van der Waals surface area contributed by atoms with E-state index in [0.29, 0.717) is 0 Å². The minimum Gasteiger partial charge on any atom is -0.384 e. The third-order valence-electron chi connectivity index (χ3n) is 3.98. The van der Waals surface area contributed by atoms with Crippen LogP contribution in [0.2, 0.25) is 0 Å². The topological polar surface area (TPSA) is 56.4 Å². The van der Waals surface area contributed by atoms with Crippen LogP contribution in [0.15, 0.2) is 24.3 Å². The van der Waals surface area contributed by atoms with Crippen molar-refractivity contribution in [2.75, 3.05) is 38.6 Å². The Hall–Kier alpha value is -1.55. The third kappa shape index (κ3) is 3.47. The number of nitrogens with zero attached hydrogens (tertiary/aromatic N) is 2. The maximum Gasteiger partial charge on any atom is 0.124 e. The fourth-order valence-electron chi connectivity index (χ4n) is 2.76. The first-order valence-electron chi connectivity index (χ1n) is 6.91. The summed E-state index contributed by atoms with van der Waals surface area (Å²) in [6, 6.07) is 7.91. The second-order valence-corrected chi connectivity index (χ2v) is 5.56. The number of nitrogens with two attached hydrogens (primary N) is 1. The smallest absolute Gasteiger partial charge is 0.124 e. The van der Waals surface area contributed by atoms with Crippen molar-refractivity contribution in [2.45, 2.75) is 12.8 Å². The average molecular weight is 260 g/mol. The Morgan fingerprint density at radius 3 is 2.63 bits per heavy atom. The molecule has 4 nitrogen and oxygen atoms in total. The Kier molecular flexibility index (Phi) is 4.43. The minimum absolute atomic E-state index is 0.144. The first kappa shape index (κ1) is 13.9. The lowest BCUT2D eigenvalue weighted by Gasteiger charge is -2.33. The van der Waals surface area contributed by atoms with Gasteiger partial charge in [-0.3, -0.25) is 5.41 Å². The van der Waals surface area contributed by atoms with Crippen LogP contribution in [0.3, 0.4) is 0 Å². The normalized spacial score (nSPS) is 17.4. The molecule has 1 aliphatic heterocycles. The summed E-state index contributed by atoms with van der Waals surface area (Å²) in [4.78, 5) is 4.63. The summed E-state index contributed by atoms with van der Waals surface area (Å²) in [5.41, 5.74) is 7.55. The standard InChI is InChI=1S/C15H24N4/c1-18-9-7-12(8-10-18)11-19(2)14-6-4-3-5-13(14)15(16)17/h3-6,12H,7-11H2,1-2H3,(H3,16,17). The average Bonchev–Trinajstić information content (AvgIpc) is 2.41. The molecule has 0 atom stereocenters. The summed E-state index contributed by atoms with van der Waals surface area (Å²) in [6.45, 7) is 3.41. The number of piperidine rings is 1. The number of para-hydroxylation sites is 1. The summed E-state index contributed by atoms with van der Waals surface area (Å²) < 4.78 is 0. The number of likely N-dealkylation sites (tertiary alicyclic amines) is 1. The summed E-state index contributed by atoms with van der Waals surface area (Å²) in [7, 11) is 4.28. The highest BCUT2D eigenvalue weighted by atomic mass is 15.1. The number of nitrogens with one attached hydrogen (secondary N) is 1. The predicted octanol–water partition coefficient (Wildman–Crippen LogP) is 1.75. The van der Waals surface area contributed by atoms with Crippen molar-refractivity contribution < 1.29 is 0 Å². The number of hydrogen-bond donors (Lipinski definition) is 2. The third-order valence-corrected chi connectivity index (χ3v) is 3.98. The molecule has 0 unspecified atom stereocenters. The predicted molar refractivity (Wildman–Crippen MR) is 80.9 cm³/mol. The number of nitrogen functional groups attached to an aromatic ring is 1. The van der Waals surface area contributed by atoms with Gasteiger partial charge in [-0.2, -0.15) is 0 Å². The number of rotatable bonds is 4. The molecular weight excluding hydrogens is 236 g/mol. The van der Waals surface area contributed by atoms with Gasteiger partial charge in [0, 0.05) is 24.8 Å². The van der Waals surface area contributed by atoms with Crippen LogP contribution in [0.25, 0.3) is 0 Å². The van der Waals surface area contributed by atoms with Crippen LogP contribution in [0.1, 0.15) is 18.4 Å². The van der Waals surface area contributed by atoms with Gasteiger partial charge in [0.05, 0.1) is 0 Å². The lowest BCUT2D eigenvalue weighted by atomic mass is 9.96. The second-order valence-electron chi connectivity index (χ2n) is 5.56. The quantitative estimate of drug-likeness (QED) is 0.640. The highest BCUT2D eigenvalue weighted by Gasteiger charge is 2.19. The van der Waals surface area contributed by atoms with Crippen LogP contribution < -0.4 is 10.6 Å². The molecule has 0 bridgehead atoms. The largest absolute Gasteiger partial charge is 0.384 e. The molecule has 0 saturated carbocycles. The molecule has 19 heavy (non-hydrogen) atoms. The highest BCUT2D eigenvalue weighted by molar-refractivity contribution is 6.00. The van der Waals surface area contributed by atoms with Crippen LogP contribution in [-0.2, 0) is 0 Å². The maximum atomic E-state index is 7.66. The number of anilines is 1. The van der Waals surface area contributed by atoms with Gasteiger partial charge in [0.25, 0.3) is 0 Å². The van der Waals surface area contributed by atoms with Gasteiger partial charge in [0.1, 0.15) is 5.84 Å². The van der Waals surface area contributed by atoms with E-state index in [2.05, 4.69) is 23.9 Å². The molecule has 1 heterocycles. The van der Waals surface area contributed by atoms with E-state index in [0.717, 1.165) is 23.7 Å². The Bertz CT molecular complexity index is 436. The zero-order chi connectivity index (χ0) is 13.8. The van der Waals surface area contributed by atoms with E-state index in [4.69, 9.17) is 11.1 Å². The Labute approximate surface area is 115 Å². The van der Waals surface area contributed by atoms with Crippen molar-refractivity contribution in [2.24, 2.45) is 11.7 Å². The molecule has 1 aromatic carbocycles. The van der Waals surface area contributed by atoms with Gasteiger partial charge in [-0.05, 0) is 51.0 Å². The van der Waals surface area contributed by atoms with E-state index in [1.165, 1.54) is 25.9 Å². The fourth-order valence-corrected chi connectivity index (χ4v) is 2.76. The minimum atomic E-state index is 0.144. The lowest BCUT2D eigenvalue weighted by molar-refractivity contribution is 0.222. The number of amidine groups is 1. The van der Waals surface area contributed by atoms with Gasteiger partial charge in [-0.15, -0.1) is 0 Å². The summed E-state index contributed by atoms with van der Waals surface area (Å²) >= 11 is 0. The molecular formula is C15H24N4. The van der Waals surface area contributed by atoms with Crippen molar-refractivity contribution in [1.82, 2.24) is 4.90 Å². The first-order chi connectivity index (χ1) is 9.08. The van der Waals surface area contributed by atoms with Crippen molar-refractivity contribution in [1.29, 1.82) is 5.41 Å². The molecule has 4 heteroatoms. The van der Waals surface area contributed by atoms with Crippen LogP contribution in [0.4, 0.5) is 5.69 Å². The number of benzene rings is 1. The molecule has 0 aromatic heterocycles. The zero-order valence-corrected chi connectivity index (χ0v) is 11.9. The fraction of sp³-hybridized carbons (Fsp3) is 0.533. The first-order valence-corrected chi connectivity index (χ1v) is 6.91. The second kappa shape index (κ2) is 6.06. The summed E-state index contributed by atoms with van der Waals surface area (Å²) in [5.74, 6) is 0.882. The summed E-state index contributed by atoms with van der Waals surface area (Å²) in [5, 5.41) is 7.66. The molecule has 1 saturated heterocycles. The van der Waals surface area contributed by atoms with Gasteiger partial charge in [-0.1, -0.05) is 12.1 Å². The van der Waals surface area contributed by atoms with Gasteiger partial charge in [0.2, 0.25) is 0 Å². The van der Waals surface area contributed by atoms with Crippen LogP contribution in [-0.4, -0.2) is 44.5 Å². The molecule has 1 aromatic rings. The van der Waals surface area contributed by atoms with Gasteiger partial charge >= 0.3 is 0 Å². The van der Waals surface area contributed by atoms with E-state index >= 15 is 0 Å². The maximum absolute atomic E-state index is 7.66. The monoisotopic (exact) mass is 260 g/mol. The Morgan fingerprint density at radius 1 is 1.37 bits per heavy atom. The molecule has 3 N–H and O–H groups in total. The van der Waals surface area contributed by atoms with Gasteiger partial charge in [0.15, 0.2) is 0 Å². The van der Waals surface area contributed by atoms with E-state index in [1.807, 2.05) is 24.3 Å². The van der Waals surface area contributed by atoms with Crippen molar-refractivity contribution in [3.8, 4) is 0 Å². The molecule has 0 amide bonds. The number of hydrogen-bond acceptors (Lipinski definition) is 3. The SMILES string of the molecule is CN1CCC(CN(C)c2ccccc2C(=N)N)CC1. The van der Waals surface area contributed by atoms with E-state index in [1.54, 1.807) is 0 Å². The van der Waals surface area contributed by atoms with Crippen LogP contribution >= 0.6 is 0 Å². The molecule has 1 fully saturated rings. The highest BCUT2D eigenvalue weighted by Crippen LogP contribution is 2.23. The lowest BCUT2D eigenvalue weighted by Crippen LogP contribution is -2.36. The molecule has 1 aliphatic rings. The summed E-state index contributed by atoms with van der Waals surface area (Å²) in [6.07, 6.45) is 2.51. The molecule has 2 rings (SSSR count). The van der Waals surface area contributed by atoms with Crippen molar-refractivity contribution in [3.63, 3.8) is 0 Å². The van der Waals surface area contributed by atoms with Crippen LogP contribution in [0, 0.1) is 11.3 Å². The van der Waals surface area contributed by atoms with E-state index < -0.39 is 0 Å². The van der Waals surface area contributed by atoms with Crippen molar-refractivity contribution >= 4 is 11.5 Å². The van der Waals surface area contributed by atoms with Gasteiger partial charge in [-0.25, -0.2) is 0 Å². The zero-order valence-electron chi connectivity index (χ0n) is 11.9. The molecule has 104 valence electrons. The molecule has 0 radical (unpaired) electrons. The van der Waals surface area contributed by atoms with Crippen molar-refractivity contribution in [3.05, 3.63) is 29.8 Å². The Balaban J connectivity index is 2.03. The molecule has 0 aliphatic carbocycles. The van der Waals surface area contributed by atoms with Crippen LogP contribution in [0.5, 0.6) is 0 Å². The Morgan fingerprint density at radius 2 is 2.00 bits per heavy atom.